The quantitative estimate of drug-likeness (QED) is 0.677. The van der Waals surface area contributed by atoms with Gasteiger partial charge in [-0.2, -0.15) is 26.3 Å². The molecule has 0 aromatic heterocycles. The smallest absolute Gasteiger partial charge is 0.348 e. The van der Waals surface area contributed by atoms with Gasteiger partial charge in [-0.3, -0.25) is 9.69 Å². The van der Waals surface area contributed by atoms with Gasteiger partial charge in [0.1, 0.15) is 0 Å². The van der Waals surface area contributed by atoms with Gasteiger partial charge in [-0.25, -0.2) is 0 Å². The van der Waals surface area contributed by atoms with Crippen LogP contribution in [-0.4, -0.2) is 36.0 Å². The number of hydrogen-bond acceptors (Lipinski definition) is 2. The van der Waals surface area contributed by atoms with E-state index >= 15 is 0 Å². The van der Waals surface area contributed by atoms with Crippen molar-refractivity contribution in [3.63, 3.8) is 0 Å². The van der Waals surface area contributed by atoms with E-state index in [2.05, 4.69) is 10.2 Å². The molecular formula is C18H19ClF6N2O. The van der Waals surface area contributed by atoms with Crippen LogP contribution in [0.5, 0.6) is 0 Å². The minimum atomic E-state index is -5.15. The lowest BCUT2D eigenvalue weighted by molar-refractivity contribution is -0.143. The molecule has 1 aliphatic heterocycles. The van der Waals surface area contributed by atoms with Crippen LogP contribution in [0.15, 0.2) is 12.1 Å². The molecule has 3 nitrogen and oxygen atoms in total. The fourth-order valence-electron chi connectivity index (χ4n) is 4.08. The van der Waals surface area contributed by atoms with Gasteiger partial charge in [-0.15, -0.1) is 0 Å². The molecule has 1 heterocycles. The number of alkyl halides is 6. The molecule has 1 saturated heterocycles. The number of nitrogens with zero attached hydrogens (tertiary/aromatic N) is 1. The average Bonchev–Trinajstić information content (AvgIpc) is 3.23. The zero-order valence-corrected chi connectivity index (χ0v) is 15.5. The van der Waals surface area contributed by atoms with E-state index in [4.69, 9.17) is 11.6 Å². The van der Waals surface area contributed by atoms with E-state index < -0.39 is 40.0 Å². The molecule has 3 rings (SSSR count). The van der Waals surface area contributed by atoms with Gasteiger partial charge in [-0.1, -0.05) is 11.6 Å². The van der Waals surface area contributed by atoms with Crippen LogP contribution >= 0.6 is 11.6 Å². The Labute approximate surface area is 163 Å². The van der Waals surface area contributed by atoms with Crippen LogP contribution in [0, 0.1) is 0 Å². The maximum Gasteiger partial charge on any atom is 0.417 e. The monoisotopic (exact) mass is 428 g/mol. The molecule has 0 radical (unpaired) electrons. The summed E-state index contributed by atoms with van der Waals surface area (Å²) in [5.74, 6) is -1.10. The summed E-state index contributed by atoms with van der Waals surface area (Å²) in [6.07, 6.45) is -5.86. The van der Waals surface area contributed by atoms with Crippen molar-refractivity contribution in [2.24, 2.45) is 0 Å². The van der Waals surface area contributed by atoms with Gasteiger partial charge in [0.05, 0.1) is 21.7 Å². The Morgan fingerprint density at radius 3 is 2.21 bits per heavy atom. The molecule has 1 aromatic rings. The molecule has 2 aliphatic rings. The maximum atomic E-state index is 13.4. The summed E-state index contributed by atoms with van der Waals surface area (Å²) in [7, 11) is 0. The second kappa shape index (κ2) is 7.74. The minimum absolute atomic E-state index is 0.0222. The molecule has 0 unspecified atom stereocenters. The van der Waals surface area contributed by atoms with E-state index in [0.717, 1.165) is 38.8 Å². The van der Waals surface area contributed by atoms with E-state index in [1.54, 1.807) is 0 Å². The Hall–Kier alpha value is -1.48. The van der Waals surface area contributed by atoms with E-state index in [1.165, 1.54) is 0 Å². The fourth-order valence-corrected chi connectivity index (χ4v) is 4.39. The number of benzene rings is 1. The molecule has 2 atom stereocenters. The maximum absolute atomic E-state index is 13.4. The number of likely N-dealkylation sites (tertiary alicyclic amines) is 1. The van der Waals surface area contributed by atoms with Crippen LogP contribution in [0.2, 0.25) is 5.02 Å². The number of carbonyl (C=O) groups is 1. The van der Waals surface area contributed by atoms with Crippen molar-refractivity contribution in [1.82, 2.24) is 10.2 Å². The number of nitrogens with one attached hydrogen (secondary N) is 1. The molecule has 1 aromatic carbocycles. The third-order valence-corrected chi connectivity index (χ3v) is 5.65. The second-order valence-corrected chi connectivity index (χ2v) is 7.60. The third kappa shape index (κ3) is 4.40. The largest absolute Gasteiger partial charge is 0.417 e. The lowest BCUT2D eigenvalue weighted by Crippen LogP contribution is -2.48. The summed E-state index contributed by atoms with van der Waals surface area (Å²) in [5, 5.41) is 1.72. The number of carbonyl (C=O) groups excluding carboxylic acids is 1. The van der Waals surface area contributed by atoms with Crippen molar-refractivity contribution in [3.05, 3.63) is 33.8 Å². The number of halogens is 7. The molecule has 10 heteroatoms. The Morgan fingerprint density at radius 2 is 1.64 bits per heavy atom. The van der Waals surface area contributed by atoms with Gasteiger partial charge in [0.2, 0.25) is 0 Å². The van der Waals surface area contributed by atoms with Gasteiger partial charge in [-0.05, 0) is 57.3 Å². The van der Waals surface area contributed by atoms with E-state index in [0.29, 0.717) is 12.5 Å². The van der Waals surface area contributed by atoms with Crippen molar-refractivity contribution in [1.29, 1.82) is 0 Å². The Bertz CT molecular complexity index is 743. The number of rotatable bonds is 3. The van der Waals surface area contributed by atoms with Gasteiger partial charge < -0.3 is 5.32 Å². The summed E-state index contributed by atoms with van der Waals surface area (Å²) in [6, 6.07) is -0.0369. The first-order valence-corrected chi connectivity index (χ1v) is 9.39. The zero-order valence-electron chi connectivity index (χ0n) is 14.8. The highest BCUT2D eigenvalue weighted by Gasteiger charge is 2.42. The van der Waals surface area contributed by atoms with Crippen LogP contribution in [0.25, 0.3) is 0 Å². The second-order valence-electron chi connectivity index (χ2n) is 7.20. The molecule has 1 saturated carbocycles. The molecule has 28 heavy (non-hydrogen) atoms. The number of hydrogen-bond donors (Lipinski definition) is 1. The van der Waals surface area contributed by atoms with Crippen molar-refractivity contribution in [2.75, 3.05) is 13.1 Å². The first-order chi connectivity index (χ1) is 13.0. The van der Waals surface area contributed by atoms with Crippen LogP contribution in [0.1, 0.15) is 53.6 Å². The highest BCUT2D eigenvalue weighted by molar-refractivity contribution is 6.34. The SMILES string of the molecule is O=C(N[C@@H]1CCC[C@H]1N1CCCC1)c1c(Cl)cc(C(F)(F)F)cc1C(F)(F)F. The summed E-state index contributed by atoms with van der Waals surface area (Å²) in [5.41, 5.74) is -4.19. The first kappa shape index (κ1) is 21.2. The van der Waals surface area contributed by atoms with Crippen LogP contribution in [0.4, 0.5) is 26.3 Å². The van der Waals surface area contributed by atoms with E-state index in [9.17, 15) is 31.1 Å². The fraction of sp³-hybridized carbons (Fsp3) is 0.611. The van der Waals surface area contributed by atoms with Crippen LogP contribution in [-0.2, 0) is 12.4 Å². The van der Waals surface area contributed by atoms with Crippen LogP contribution < -0.4 is 5.32 Å². The summed E-state index contributed by atoms with van der Waals surface area (Å²) < 4.78 is 78.8. The molecule has 1 aliphatic carbocycles. The van der Waals surface area contributed by atoms with E-state index in [-0.39, 0.29) is 18.2 Å². The van der Waals surface area contributed by atoms with Crippen LogP contribution in [0.3, 0.4) is 0 Å². The molecule has 156 valence electrons. The predicted molar refractivity (Wildman–Crippen MR) is 91.2 cm³/mol. The minimum Gasteiger partial charge on any atom is -0.348 e. The summed E-state index contributed by atoms with van der Waals surface area (Å²) in [6.45, 7) is 1.73. The summed E-state index contributed by atoms with van der Waals surface area (Å²) >= 11 is 5.72. The van der Waals surface area contributed by atoms with Crippen molar-refractivity contribution < 1.29 is 31.1 Å². The van der Waals surface area contributed by atoms with Gasteiger partial charge in [0.25, 0.3) is 5.91 Å². The highest BCUT2D eigenvalue weighted by Crippen LogP contribution is 2.40. The van der Waals surface area contributed by atoms with Crippen molar-refractivity contribution >= 4 is 17.5 Å². The molecule has 2 fully saturated rings. The number of amides is 1. The average molecular weight is 429 g/mol. The topological polar surface area (TPSA) is 32.3 Å². The Kier molecular flexibility index (Phi) is 5.87. The Balaban J connectivity index is 1.90. The van der Waals surface area contributed by atoms with Gasteiger partial charge in [0.15, 0.2) is 0 Å². The van der Waals surface area contributed by atoms with Crippen molar-refractivity contribution in [3.8, 4) is 0 Å². The highest BCUT2D eigenvalue weighted by atomic mass is 35.5. The third-order valence-electron chi connectivity index (χ3n) is 5.36. The first-order valence-electron chi connectivity index (χ1n) is 9.01. The predicted octanol–water partition coefficient (Wildman–Crippen LogP) is 5.12. The lowest BCUT2D eigenvalue weighted by Gasteiger charge is -2.30. The molecule has 1 N–H and O–H groups in total. The zero-order chi connectivity index (χ0) is 20.7. The standard InChI is InChI=1S/C18H19ClF6N2O/c19-12-9-10(17(20,21)22)8-11(18(23,24)25)15(12)16(28)26-13-4-3-5-14(13)27-6-1-2-7-27/h8-9,13-14H,1-7H2,(H,26,28)/t13-,14-/m1/s1. The molecule has 1 amide bonds. The van der Waals surface area contributed by atoms with Gasteiger partial charge in [0, 0.05) is 12.1 Å². The molecule has 0 bridgehead atoms. The summed E-state index contributed by atoms with van der Waals surface area (Å²) in [4.78, 5) is 14.8. The van der Waals surface area contributed by atoms with E-state index in [1.807, 2.05) is 0 Å². The molecule has 0 spiro atoms. The lowest BCUT2D eigenvalue weighted by atomic mass is 10.0. The normalized spacial score (nSPS) is 24.0. The van der Waals surface area contributed by atoms with Gasteiger partial charge >= 0.3 is 12.4 Å². The Morgan fingerprint density at radius 1 is 1.00 bits per heavy atom. The van der Waals surface area contributed by atoms with Crippen molar-refractivity contribution in [2.45, 2.75) is 56.5 Å². The molecular weight excluding hydrogens is 410 g/mol.